The van der Waals surface area contributed by atoms with Crippen LogP contribution in [0.15, 0.2) is 0 Å². The lowest BCUT2D eigenvalue weighted by molar-refractivity contribution is -0.137. The average molecular weight is 131 g/mol. The topological polar surface area (TPSA) is 70.4 Å². The molecule has 0 heterocycles. The van der Waals surface area contributed by atoms with Crippen molar-refractivity contribution in [2.45, 2.75) is 13.3 Å². The Labute approximate surface area is 53.0 Å². The van der Waals surface area contributed by atoms with Crippen molar-refractivity contribution in [2.24, 2.45) is 0 Å². The molecule has 0 unspecified atom stereocenters. The normalized spacial score (nSPS) is 8.56. The zero-order valence-corrected chi connectivity index (χ0v) is 5.18. The monoisotopic (exact) mass is 131 g/mol. The van der Waals surface area contributed by atoms with Gasteiger partial charge in [0, 0.05) is 6.92 Å². The summed E-state index contributed by atoms with van der Waals surface area (Å²) in [6, 6.07) is 0. The zero-order chi connectivity index (χ0) is 7.28. The van der Waals surface area contributed by atoms with Crippen molar-refractivity contribution in [1.29, 1.82) is 5.41 Å². The Bertz CT molecular complexity index is 107. The third kappa shape index (κ3) is 6.94. The van der Waals surface area contributed by atoms with Crippen LogP contribution in [0.3, 0.4) is 0 Å². The van der Waals surface area contributed by atoms with E-state index in [1.165, 1.54) is 6.92 Å². The first-order chi connectivity index (χ1) is 4.13. The second-order valence-electron chi connectivity index (χ2n) is 1.55. The summed E-state index contributed by atoms with van der Waals surface area (Å²) in [5.41, 5.74) is 0. The van der Waals surface area contributed by atoms with Crippen LogP contribution >= 0.6 is 0 Å². The Morgan fingerprint density at radius 2 is 2.33 bits per heavy atom. The van der Waals surface area contributed by atoms with E-state index in [4.69, 9.17) is 10.5 Å². The molecule has 0 aromatic rings. The molecule has 4 nitrogen and oxygen atoms in total. The summed E-state index contributed by atoms with van der Waals surface area (Å²) >= 11 is 0. The second-order valence-corrected chi connectivity index (χ2v) is 1.55. The molecule has 9 heavy (non-hydrogen) atoms. The van der Waals surface area contributed by atoms with E-state index in [9.17, 15) is 4.79 Å². The Morgan fingerprint density at radius 1 is 1.78 bits per heavy atom. The molecule has 0 spiro atoms. The highest BCUT2D eigenvalue weighted by molar-refractivity contribution is 5.70. The molecule has 0 radical (unpaired) electrons. The lowest BCUT2D eigenvalue weighted by atomic mass is 10.5. The standard InChI is InChI=1S/C5H9NO3/c1-4(6)9-3-2-5(7)8/h6H,2-3H2,1H3,(H,7,8). The molecule has 0 rings (SSSR count). The molecule has 0 atom stereocenters. The average Bonchev–Trinajstić information content (AvgIpc) is 1.63. The largest absolute Gasteiger partial charge is 0.481 e. The molecule has 0 aliphatic rings. The minimum Gasteiger partial charge on any atom is -0.481 e. The van der Waals surface area contributed by atoms with Gasteiger partial charge in [-0.25, -0.2) is 0 Å². The predicted molar refractivity (Wildman–Crippen MR) is 31.6 cm³/mol. The summed E-state index contributed by atoms with van der Waals surface area (Å²) in [6.07, 6.45) is -0.0454. The summed E-state index contributed by atoms with van der Waals surface area (Å²) < 4.78 is 4.56. The number of carboxylic acid groups (broad SMARTS) is 1. The molecule has 4 heteroatoms. The van der Waals surface area contributed by atoms with Crippen LogP contribution in [-0.4, -0.2) is 23.6 Å². The first kappa shape index (κ1) is 7.94. The molecular formula is C5H9NO3. The maximum absolute atomic E-state index is 9.83. The van der Waals surface area contributed by atoms with Gasteiger partial charge in [-0.2, -0.15) is 0 Å². The van der Waals surface area contributed by atoms with Gasteiger partial charge >= 0.3 is 5.97 Å². The molecule has 2 N–H and O–H groups in total. The van der Waals surface area contributed by atoms with E-state index < -0.39 is 5.97 Å². The fraction of sp³-hybridized carbons (Fsp3) is 0.600. The lowest BCUT2D eigenvalue weighted by Crippen LogP contribution is -2.05. The second kappa shape index (κ2) is 3.88. The lowest BCUT2D eigenvalue weighted by Gasteiger charge is -1.98. The van der Waals surface area contributed by atoms with Crippen molar-refractivity contribution in [3.05, 3.63) is 0 Å². The van der Waals surface area contributed by atoms with Crippen molar-refractivity contribution in [2.75, 3.05) is 6.61 Å². The Morgan fingerprint density at radius 3 is 2.67 bits per heavy atom. The van der Waals surface area contributed by atoms with E-state index >= 15 is 0 Å². The fourth-order valence-corrected chi connectivity index (χ4v) is 0.291. The van der Waals surface area contributed by atoms with Crippen LogP contribution in [-0.2, 0) is 9.53 Å². The van der Waals surface area contributed by atoms with Crippen molar-refractivity contribution in [3.63, 3.8) is 0 Å². The van der Waals surface area contributed by atoms with Gasteiger partial charge in [-0.1, -0.05) is 0 Å². The molecule has 0 saturated carbocycles. The molecule has 0 amide bonds. The van der Waals surface area contributed by atoms with Gasteiger partial charge in [-0.15, -0.1) is 0 Å². The van der Waals surface area contributed by atoms with Gasteiger partial charge in [0.25, 0.3) is 0 Å². The maximum atomic E-state index is 9.83. The smallest absolute Gasteiger partial charge is 0.306 e. The Kier molecular flexibility index (Phi) is 3.43. The van der Waals surface area contributed by atoms with Crippen LogP contribution in [0.4, 0.5) is 0 Å². The highest BCUT2D eigenvalue weighted by Gasteiger charge is 1.95. The number of carbonyl (C=O) groups is 1. The van der Waals surface area contributed by atoms with Crippen LogP contribution in [0, 0.1) is 5.41 Å². The summed E-state index contributed by atoms with van der Waals surface area (Å²) in [4.78, 5) is 9.83. The molecular weight excluding hydrogens is 122 g/mol. The third-order valence-electron chi connectivity index (χ3n) is 0.634. The van der Waals surface area contributed by atoms with Gasteiger partial charge in [-0.05, 0) is 0 Å². The van der Waals surface area contributed by atoms with Gasteiger partial charge in [0.15, 0.2) is 5.90 Å². The number of aliphatic carboxylic acids is 1. The molecule has 0 aromatic heterocycles. The molecule has 52 valence electrons. The number of carboxylic acids is 1. The van der Waals surface area contributed by atoms with E-state index in [1.54, 1.807) is 0 Å². The number of ether oxygens (including phenoxy) is 1. The van der Waals surface area contributed by atoms with Crippen LogP contribution in [0.1, 0.15) is 13.3 Å². The first-order valence-electron chi connectivity index (χ1n) is 2.52. The minimum atomic E-state index is -0.906. The van der Waals surface area contributed by atoms with Crippen LogP contribution < -0.4 is 0 Å². The SMILES string of the molecule is CC(=N)OCCC(=O)O. The van der Waals surface area contributed by atoms with Crippen LogP contribution in [0.5, 0.6) is 0 Å². The van der Waals surface area contributed by atoms with Gasteiger partial charge in [0.1, 0.15) is 6.61 Å². The third-order valence-corrected chi connectivity index (χ3v) is 0.634. The molecule has 0 aromatic carbocycles. The predicted octanol–water partition coefficient (Wildman–Crippen LogP) is 0.475. The summed E-state index contributed by atoms with van der Waals surface area (Å²) in [6.45, 7) is 1.55. The number of hydrogen-bond donors (Lipinski definition) is 2. The van der Waals surface area contributed by atoms with Crippen molar-refractivity contribution in [1.82, 2.24) is 0 Å². The molecule has 0 fully saturated rings. The summed E-state index contributed by atoms with van der Waals surface area (Å²) in [5, 5.41) is 14.8. The minimum absolute atomic E-state index is 0.0454. The van der Waals surface area contributed by atoms with Crippen molar-refractivity contribution < 1.29 is 14.6 Å². The van der Waals surface area contributed by atoms with Gasteiger partial charge in [0.2, 0.25) is 0 Å². The van der Waals surface area contributed by atoms with E-state index in [0.717, 1.165) is 0 Å². The van der Waals surface area contributed by atoms with E-state index in [2.05, 4.69) is 4.74 Å². The summed E-state index contributed by atoms with van der Waals surface area (Å²) in [7, 11) is 0. The molecule has 0 bridgehead atoms. The molecule has 0 aliphatic carbocycles. The quantitative estimate of drug-likeness (QED) is 0.432. The first-order valence-corrected chi connectivity index (χ1v) is 2.52. The number of hydrogen-bond acceptors (Lipinski definition) is 3. The van der Waals surface area contributed by atoms with E-state index in [-0.39, 0.29) is 18.9 Å². The van der Waals surface area contributed by atoms with Gasteiger partial charge in [0.05, 0.1) is 6.42 Å². The number of rotatable bonds is 3. The fourth-order valence-electron chi connectivity index (χ4n) is 0.291. The van der Waals surface area contributed by atoms with Gasteiger partial charge in [-0.3, -0.25) is 10.2 Å². The summed E-state index contributed by atoms with van der Waals surface area (Å²) in [5.74, 6) is -0.854. The maximum Gasteiger partial charge on any atom is 0.306 e. The Balaban J connectivity index is 3.10. The highest BCUT2D eigenvalue weighted by atomic mass is 16.5. The Hall–Kier alpha value is -1.06. The van der Waals surface area contributed by atoms with Gasteiger partial charge < -0.3 is 9.84 Å². The zero-order valence-electron chi connectivity index (χ0n) is 5.18. The van der Waals surface area contributed by atoms with Crippen molar-refractivity contribution in [3.8, 4) is 0 Å². The molecule has 0 saturated heterocycles. The molecule has 0 aliphatic heterocycles. The van der Waals surface area contributed by atoms with Crippen LogP contribution in [0.25, 0.3) is 0 Å². The van der Waals surface area contributed by atoms with E-state index in [1.807, 2.05) is 0 Å². The van der Waals surface area contributed by atoms with Crippen LogP contribution in [0.2, 0.25) is 0 Å². The van der Waals surface area contributed by atoms with Crippen molar-refractivity contribution >= 4 is 11.9 Å². The van der Waals surface area contributed by atoms with E-state index in [0.29, 0.717) is 0 Å². The highest BCUT2D eigenvalue weighted by Crippen LogP contribution is 1.82. The number of nitrogens with one attached hydrogen (secondary N) is 1.